The van der Waals surface area contributed by atoms with Crippen LogP contribution < -0.4 is 5.32 Å². The maximum absolute atomic E-state index is 3.46. The zero-order chi connectivity index (χ0) is 8.27. The Morgan fingerprint density at radius 1 is 1.55 bits per heavy atom. The molecule has 11 heavy (non-hydrogen) atoms. The minimum atomic E-state index is 1.04. The van der Waals surface area contributed by atoms with Crippen LogP contribution in [0.5, 0.6) is 0 Å². The fourth-order valence-electron chi connectivity index (χ4n) is 0.763. The number of halogens is 2. The van der Waals surface area contributed by atoms with Crippen molar-refractivity contribution < 1.29 is 0 Å². The second kappa shape index (κ2) is 4.60. The van der Waals surface area contributed by atoms with Gasteiger partial charge in [-0.2, -0.15) is 0 Å². The van der Waals surface area contributed by atoms with Gasteiger partial charge >= 0.3 is 0 Å². The van der Waals surface area contributed by atoms with Crippen molar-refractivity contribution in [1.29, 1.82) is 0 Å². The molecular weight excluding hydrogens is 290 g/mol. The van der Waals surface area contributed by atoms with E-state index in [9.17, 15) is 0 Å². The van der Waals surface area contributed by atoms with E-state index in [1.807, 2.05) is 7.05 Å². The number of likely N-dealkylation sites (N-methyl/N-ethyl adjacent to an activating group) is 1. The van der Waals surface area contributed by atoms with E-state index in [0.29, 0.717) is 0 Å². The minimum Gasteiger partial charge on any atom is -0.319 e. The van der Waals surface area contributed by atoms with Gasteiger partial charge in [-0.1, -0.05) is 0 Å². The summed E-state index contributed by atoms with van der Waals surface area (Å²) in [7, 11) is 1.97. The minimum absolute atomic E-state index is 1.04. The summed E-state index contributed by atoms with van der Waals surface area (Å²) in [5.41, 5.74) is 0. The molecule has 0 aliphatic rings. The first-order chi connectivity index (χ1) is 5.24. The number of nitrogens with one attached hydrogen (secondary N) is 1. The number of thiophene rings is 1. The summed E-state index contributed by atoms with van der Waals surface area (Å²) in [6.07, 6.45) is 1.10. The summed E-state index contributed by atoms with van der Waals surface area (Å²) >= 11 is 8.69. The smallest absolute Gasteiger partial charge is 0.0843 e. The first-order valence-corrected chi connectivity index (χ1v) is 5.72. The van der Waals surface area contributed by atoms with Crippen LogP contribution in [-0.2, 0) is 6.42 Å². The lowest BCUT2D eigenvalue weighted by molar-refractivity contribution is 0.799. The molecule has 0 amide bonds. The van der Waals surface area contributed by atoms with Crippen LogP contribution in [0.3, 0.4) is 0 Å². The lowest BCUT2D eigenvalue weighted by Gasteiger charge is -1.93. The van der Waals surface area contributed by atoms with Gasteiger partial charge in [0, 0.05) is 9.35 Å². The average molecular weight is 299 g/mol. The lowest BCUT2D eigenvalue weighted by Crippen LogP contribution is -2.09. The number of rotatable bonds is 3. The summed E-state index contributed by atoms with van der Waals surface area (Å²) in [5.74, 6) is 0. The number of hydrogen-bond donors (Lipinski definition) is 1. The molecule has 0 saturated heterocycles. The summed E-state index contributed by atoms with van der Waals surface area (Å²) in [6.45, 7) is 1.04. The Hall–Kier alpha value is 0.620. The molecule has 0 aliphatic heterocycles. The molecule has 0 aromatic carbocycles. The van der Waals surface area contributed by atoms with Gasteiger partial charge in [-0.05, 0) is 57.9 Å². The van der Waals surface area contributed by atoms with Gasteiger partial charge < -0.3 is 5.32 Å². The van der Waals surface area contributed by atoms with E-state index in [0.717, 1.165) is 17.4 Å². The lowest BCUT2D eigenvalue weighted by atomic mass is 10.3. The Morgan fingerprint density at radius 3 is 2.73 bits per heavy atom. The molecule has 0 saturated carbocycles. The summed E-state index contributed by atoms with van der Waals surface area (Å²) < 4.78 is 2.34. The van der Waals surface area contributed by atoms with E-state index >= 15 is 0 Å². The van der Waals surface area contributed by atoms with Gasteiger partial charge in [-0.25, -0.2) is 0 Å². The molecule has 1 N–H and O–H groups in total. The van der Waals surface area contributed by atoms with Crippen molar-refractivity contribution in [3.05, 3.63) is 19.2 Å². The normalized spacial score (nSPS) is 10.5. The molecule has 0 bridgehead atoms. The molecule has 0 aliphatic carbocycles. The van der Waals surface area contributed by atoms with Crippen molar-refractivity contribution in [3.8, 4) is 0 Å². The molecule has 0 radical (unpaired) electrons. The fraction of sp³-hybridized carbons (Fsp3) is 0.429. The van der Waals surface area contributed by atoms with Crippen molar-refractivity contribution in [2.45, 2.75) is 6.42 Å². The van der Waals surface area contributed by atoms with Gasteiger partial charge in [-0.15, -0.1) is 11.3 Å². The van der Waals surface area contributed by atoms with E-state index in [-0.39, 0.29) is 0 Å². The molecule has 0 unspecified atom stereocenters. The molecule has 0 fully saturated rings. The highest BCUT2D eigenvalue weighted by Crippen LogP contribution is 2.32. The van der Waals surface area contributed by atoms with E-state index < -0.39 is 0 Å². The van der Waals surface area contributed by atoms with E-state index in [4.69, 9.17) is 0 Å². The summed E-state index contributed by atoms with van der Waals surface area (Å²) in [6, 6.07) is 2.16. The van der Waals surface area contributed by atoms with Crippen LogP contribution >= 0.6 is 43.2 Å². The largest absolute Gasteiger partial charge is 0.319 e. The number of hydrogen-bond acceptors (Lipinski definition) is 2. The monoisotopic (exact) mass is 297 g/mol. The van der Waals surface area contributed by atoms with Crippen LogP contribution in [-0.4, -0.2) is 13.6 Å². The second-order valence-electron chi connectivity index (χ2n) is 2.19. The summed E-state index contributed by atoms with van der Waals surface area (Å²) in [5, 5.41) is 3.12. The Kier molecular flexibility index (Phi) is 4.06. The Bertz CT molecular complexity index is 215. The van der Waals surface area contributed by atoms with E-state index in [2.05, 4.69) is 43.2 Å². The fourth-order valence-corrected chi connectivity index (χ4v) is 2.94. The highest BCUT2D eigenvalue weighted by atomic mass is 79.9. The third-order valence-corrected chi connectivity index (χ3v) is 4.63. The molecule has 1 aromatic rings. The summed E-state index contributed by atoms with van der Waals surface area (Å²) in [4.78, 5) is 1.40. The third kappa shape index (κ3) is 2.86. The topological polar surface area (TPSA) is 12.0 Å². The first-order valence-electron chi connectivity index (χ1n) is 3.32. The van der Waals surface area contributed by atoms with Gasteiger partial charge in [0.05, 0.1) is 3.79 Å². The van der Waals surface area contributed by atoms with Crippen LogP contribution in [0.1, 0.15) is 4.88 Å². The van der Waals surface area contributed by atoms with Crippen LogP contribution in [0.4, 0.5) is 0 Å². The molecule has 1 heterocycles. The molecule has 1 rings (SSSR count). The predicted molar refractivity (Wildman–Crippen MR) is 57.3 cm³/mol. The van der Waals surface area contributed by atoms with Gasteiger partial charge in [0.25, 0.3) is 0 Å². The average Bonchev–Trinajstić information content (AvgIpc) is 2.28. The van der Waals surface area contributed by atoms with Crippen molar-refractivity contribution >= 4 is 43.2 Å². The SMILES string of the molecule is CNCCc1cc(Br)c(Br)s1. The van der Waals surface area contributed by atoms with Crippen LogP contribution in [0, 0.1) is 0 Å². The van der Waals surface area contributed by atoms with Crippen molar-refractivity contribution in [3.63, 3.8) is 0 Å². The maximum atomic E-state index is 3.46. The van der Waals surface area contributed by atoms with Crippen molar-refractivity contribution in [1.82, 2.24) is 5.32 Å². The highest BCUT2D eigenvalue weighted by Gasteiger charge is 2.02. The van der Waals surface area contributed by atoms with Crippen LogP contribution in [0.25, 0.3) is 0 Å². The zero-order valence-electron chi connectivity index (χ0n) is 6.16. The van der Waals surface area contributed by atoms with Crippen molar-refractivity contribution in [2.75, 3.05) is 13.6 Å². The van der Waals surface area contributed by atoms with Gasteiger partial charge in [0.2, 0.25) is 0 Å². The van der Waals surface area contributed by atoms with Crippen LogP contribution in [0.2, 0.25) is 0 Å². The van der Waals surface area contributed by atoms with Gasteiger partial charge in [-0.3, -0.25) is 0 Å². The Morgan fingerprint density at radius 2 is 2.27 bits per heavy atom. The van der Waals surface area contributed by atoms with E-state index in [1.54, 1.807) is 11.3 Å². The Balaban J connectivity index is 2.58. The van der Waals surface area contributed by atoms with Gasteiger partial charge in [0.1, 0.15) is 0 Å². The molecule has 4 heteroatoms. The van der Waals surface area contributed by atoms with E-state index in [1.165, 1.54) is 8.66 Å². The van der Waals surface area contributed by atoms with Gasteiger partial charge in [0.15, 0.2) is 0 Å². The standard InChI is InChI=1S/C7H9Br2NS/c1-10-3-2-5-4-6(8)7(9)11-5/h4,10H,2-3H2,1H3. The molecule has 0 spiro atoms. The zero-order valence-corrected chi connectivity index (χ0v) is 10.1. The third-order valence-electron chi connectivity index (χ3n) is 1.32. The molecule has 0 atom stereocenters. The predicted octanol–water partition coefficient (Wildman–Crippen LogP) is 3.04. The first kappa shape index (κ1) is 9.71. The van der Waals surface area contributed by atoms with Crippen LogP contribution in [0.15, 0.2) is 14.3 Å². The maximum Gasteiger partial charge on any atom is 0.0843 e. The molecular formula is C7H9Br2NS. The van der Waals surface area contributed by atoms with Crippen molar-refractivity contribution in [2.24, 2.45) is 0 Å². The molecule has 62 valence electrons. The quantitative estimate of drug-likeness (QED) is 0.904. The highest BCUT2D eigenvalue weighted by molar-refractivity contribution is 9.13. The molecule has 1 aromatic heterocycles. The molecule has 1 nitrogen and oxygen atoms in total. The second-order valence-corrected chi connectivity index (χ2v) is 5.50. The Labute approximate surface area is 87.5 Å².